The second kappa shape index (κ2) is 6.40. The maximum atomic E-state index is 12.0. The Balaban J connectivity index is 1.91. The minimum Gasteiger partial charge on any atom is -0.325 e. The molecule has 3 nitrogen and oxygen atoms in total. The van der Waals surface area contributed by atoms with Crippen LogP contribution >= 0.6 is 11.6 Å². The summed E-state index contributed by atoms with van der Waals surface area (Å²) in [6, 6.07) is 6.11. The van der Waals surface area contributed by atoms with E-state index in [-0.39, 0.29) is 5.91 Å². The summed E-state index contributed by atoms with van der Waals surface area (Å²) in [6.45, 7) is 5.62. The van der Waals surface area contributed by atoms with Crippen LogP contribution in [-0.2, 0) is 4.79 Å². The first-order chi connectivity index (χ1) is 9.06. The van der Waals surface area contributed by atoms with E-state index in [1.54, 1.807) is 6.07 Å². The molecule has 0 unspecified atom stereocenters. The smallest absolute Gasteiger partial charge is 0.238 e. The molecule has 1 aromatic carbocycles. The predicted octanol–water partition coefficient (Wildman–Crippen LogP) is 3.46. The Kier molecular flexibility index (Phi) is 4.83. The molecular weight excluding hydrogens is 260 g/mol. The van der Waals surface area contributed by atoms with Crippen molar-refractivity contribution in [1.29, 1.82) is 0 Å². The van der Waals surface area contributed by atoms with Gasteiger partial charge in [0.2, 0.25) is 5.91 Å². The van der Waals surface area contributed by atoms with E-state index in [1.165, 1.54) is 19.3 Å². The summed E-state index contributed by atoms with van der Waals surface area (Å²) in [5, 5.41) is 3.60. The fraction of sp³-hybridized carbons (Fsp3) is 0.533. The van der Waals surface area contributed by atoms with Gasteiger partial charge in [-0.15, -0.1) is 0 Å². The van der Waals surface area contributed by atoms with Crippen molar-refractivity contribution in [2.75, 3.05) is 18.4 Å². The number of benzene rings is 1. The van der Waals surface area contributed by atoms with Gasteiger partial charge in [-0.3, -0.25) is 9.69 Å². The van der Waals surface area contributed by atoms with Gasteiger partial charge in [-0.1, -0.05) is 24.1 Å². The number of anilines is 1. The number of nitrogens with zero attached hydrogens (tertiary/aromatic N) is 1. The largest absolute Gasteiger partial charge is 0.325 e. The Hall–Kier alpha value is -1.06. The summed E-state index contributed by atoms with van der Waals surface area (Å²) in [5.74, 6) is 0.0358. The van der Waals surface area contributed by atoms with Gasteiger partial charge in [0.1, 0.15) is 0 Å². The van der Waals surface area contributed by atoms with Gasteiger partial charge in [0.05, 0.1) is 6.54 Å². The van der Waals surface area contributed by atoms with Gasteiger partial charge in [-0.2, -0.15) is 0 Å². The molecule has 1 N–H and O–H groups in total. The molecule has 0 aliphatic carbocycles. The van der Waals surface area contributed by atoms with Gasteiger partial charge in [0.15, 0.2) is 0 Å². The van der Waals surface area contributed by atoms with E-state index in [4.69, 9.17) is 11.6 Å². The van der Waals surface area contributed by atoms with Gasteiger partial charge in [0, 0.05) is 16.8 Å². The van der Waals surface area contributed by atoms with Crippen LogP contribution in [0, 0.1) is 6.92 Å². The number of piperidine rings is 1. The van der Waals surface area contributed by atoms with Crippen molar-refractivity contribution in [3.63, 3.8) is 0 Å². The third kappa shape index (κ3) is 3.95. The molecule has 1 heterocycles. The predicted molar refractivity (Wildman–Crippen MR) is 79.7 cm³/mol. The lowest BCUT2D eigenvalue weighted by Gasteiger charge is -2.32. The van der Waals surface area contributed by atoms with Crippen LogP contribution in [0.1, 0.15) is 31.7 Å². The highest BCUT2D eigenvalue weighted by atomic mass is 35.5. The number of likely N-dealkylation sites (tertiary alicyclic amines) is 1. The standard InChI is InChI=1S/C15H21ClN2O/c1-11-6-7-13(9-14(11)16)17-15(19)10-18-8-4-3-5-12(18)2/h6-7,9,12H,3-5,8,10H2,1-2H3,(H,17,19)/t12-/m0/s1. The third-order valence-corrected chi connectivity index (χ3v) is 4.15. The van der Waals surface area contributed by atoms with Crippen molar-refractivity contribution in [1.82, 2.24) is 4.90 Å². The molecule has 1 atom stereocenters. The molecule has 0 aromatic heterocycles. The van der Waals surface area contributed by atoms with Crippen molar-refractivity contribution >= 4 is 23.2 Å². The van der Waals surface area contributed by atoms with Crippen LogP contribution in [-0.4, -0.2) is 29.9 Å². The Morgan fingerprint density at radius 1 is 1.47 bits per heavy atom. The van der Waals surface area contributed by atoms with Crippen molar-refractivity contribution in [2.24, 2.45) is 0 Å². The molecule has 4 heteroatoms. The van der Waals surface area contributed by atoms with E-state index in [0.717, 1.165) is 17.8 Å². The number of carbonyl (C=O) groups excluding carboxylic acids is 1. The fourth-order valence-electron chi connectivity index (χ4n) is 2.45. The molecule has 1 fully saturated rings. The molecule has 1 aliphatic heterocycles. The first-order valence-electron chi connectivity index (χ1n) is 6.86. The summed E-state index contributed by atoms with van der Waals surface area (Å²) >= 11 is 6.05. The van der Waals surface area contributed by atoms with E-state index in [1.807, 2.05) is 19.1 Å². The second-order valence-electron chi connectivity index (χ2n) is 5.33. The first kappa shape index (κ1) is 14.4. The number of hydrogen-bond donors (Lipinski definition) is 1. The Labute approximate surface area is 119 Å². The van der Waals surface area contributed by atoms with Crippen molar-refractivity contribution < 1.29 is 4.79 Å². The van der Waals surface area contributed by atoms with Gasteiger partial charge in [-0.05, 0) is 50.9 Å². The van der Waals surface area contributed by atoms with Crippen LogP contribution in [0.5, 0.6) is 0 Å². The van der Waals surface area contributed by atoms with Crippen molar-refractivity contribution in [2.45, 2.75) is 39.2 Å². The van der Waals surface area contributed by atoms with Crippen LogP contribution in [0.2, 0.25) is 5.02 Å². The highest BCUT2D eigenvalue weighted by Crippen LogP contribution is 2.20. The lowest BCUT2D eigenvalue weighted by atomic mass is 10.0. The molecule has 1 amide bonds. The van der Waals surface area contributed by atoms with E-state index < -0.39 is 0 Å². The molecule has 0 saturated carbocycles. The van der Waals surface area contributed by atoms with Crippen molar-refractivity contribution in [3.05, 3.63) is 28.8 Å². The normalized spacial score (nSPS) is 20.3. The summed E-state index contributed by atoms with van der Waals surface area (Å²) in [5.41, 5.74) is 1.79. The highest BCUT2D eigenvalue weighted by molar-refractivity contribution is 6.31. The molecule has 1 saturated heterocycles. The summed E-state index contributed by atoms with van der Waals surface area (Å²) in [6.07, 6.45) is 3.64. The summed E-state index contributed by atoms with van der Waals surface area (Å²) in [7, 11) is 0. The molecule has 0 radical (unpaired) electrons. The number of hydrogen-bond acceptors (Lipinski definition) is 2. The van der Waals surface area contributed by atoms with E-state index in [2.05, 4.69) is 17.1 Å². The molecule has 1 aliphatic rings. The minimum absolute atomic E-state index is 0.0358. The van der Waals surface area contributed by atoms with Crippen LogP contribution in [0.4, 0.5) is 5.69 Å². The molecule has 0 bridgehead atoms. The molecule has 19 heavy (non-hydrogen) atoms. The number of rotatable bonds is 3. The summed E-state index contributed by atoms with van der Waals surface area (Å²) in [4.78, 5) is 14.3. The second-order valence-corrected chi connectivity index (χ2v) is 5.73. The zero-order chi connectivity index (χ0) is 13.8. The lowest BCUT2D eigenvalue weighted by Crippen LogP contribution is -2.42. The Morgan fingerprint density at radius 3 is 2.95 bits per heavy atom. The van der Waals surface area contributed by atoms with E-state index in [0.29, 0.717) is 17.6 Å². The van der Waals surface area contributed by atoms with E-state index in [9.17, 15) is 4.79 Å². The molecule has 2 rings (SSSR count). The van der Waals surface area contributed by atoms with Crippen LogP contribution in [0.3, 0.4) is 0 Å². The quantitative estimate of drug-likeness (QED) is 0.920. The van der Waals surface area contributed by atoms with Gasteiger partial charge >= 0.3 is 0 Å². The number of carbonyl (C=O) groups is 1. The SMILES string of the molecule is Cc1ccc(NC(=O)CN2CCCC[C@@H]2C)cc1Cl. The average Bonchev–Trinajstić information content (AvgIpc) is 2.37. The Bertz CT molecular complexity index is 461. The molecular formula is C15H21ClN2O. The average molecular weight is 281 g/mol. The number of nitrogens with one attached hydrogen (secondary N) is 1. The summed E-state index contributed by atoms with van der Waals surface area (Å²) < 4.78 is 0. The molecule has 1 aromatic rings. The Morgan fingerprint density at radius 2 is 2.26 bits per heavy atom. The lowest BCUT2D eigenvalue weighted by molar-refractivity contribution is -0.118. The minimum atomic E-state index is 0.0358. The molecule has 104 valence electrons. The van der Waals surface area contributed by atoms with E-state index >= 15 is 0 Å². The van der Waals surface area contributed by atoms with Crippen LogP contribution in [0.15, 0.2) is 18.2 Å². The van der Waals surface area contributed by atoms with Crippen LogP contribution < -0.4 is 5.32 Å². The maximum absolute atomic E-state index is 12.0. The zero-order valence-electron chi connectivity index (χ0n) is 11.6. The zero-order valence-corrected chi connectivity index (χ0v) is 12.3. The number of aryl methyl sites for hydroxylation is 1. The highest BCUT2D eigenvalue weighted by Gasteiger charge is 2.20. The van der Waals surface area contributed by atoms with Crippen molar-refractivity contribution in [3.8, 4) is 0 Å². The maximum Gasteiger partial charge on any atom is 0.238 e. The monoisotopic (exact) mass is 280 g/mol. The molecule has 0 spiro atoms. The fourth-order valence-corrected chi connectivity index (χ4v) is 2.63. The number of amides is 1. The topological polar surface area (TPSA) is 32.3 Å². The van der Waals surface area contributed by atoms with Gasteiger partial charge in [-0.25, -0.2) is 0 Å². The first-order valence-corrected chi connectivity index (χ1v) is 7.24. The van der Waals surface area contributed by atoms with Gasteiger partial charge < -0.3 is 5.32 Å². The number of halogens is 1. The van der Waals surface area contributed by atoms with Gasteiger partial charge in [0.25, 0.3) is 0 Å². The van der Waals surface area contributed by atoms with Crippen LogP contribution in [0.25, 0.3) is 0 Å². The third-order valence-electron chi connectivity index (χ3n) is 3.74.